The topological polar surface area (TPSA) is 44.1 Å². The molecule has 0 saturated heterocycles. The number of hydrogen-bond donors (Lipinski definition) is 0. The van der Waals surface area contributed by atoms with Gasteiger partial charge in [-0.3, -0.25) is 4.79 Å². The molecular formula is C24H20F2N2O2S. The number of carbonyl (C=O) groups is 1. The van der Waals surface area contributed by atoms with Crippen LogP contribution in [0.4, 0.5) is 8.78 Å². The van der Waals surface area contributed by atoms with Crippen LogP contribution in [0.25, 0.3) is 11.0 Å². The molecule has 4 aromatic rings. The Balaban J connectivity index is 1.48. The monoisotopic (exact) mass is 438 g/mol. The molecule has 0 N–H and O–H groups in total. The number of fused-ring (bicyclic) bond motifs is 1. The van der Waals surface area contributed by atoms with Crippen molar-refractivity contribution in [3.8, 4) is 5.75 Å². The van der Waals surface area contributed by atoms with Crippen LogP contribution in [-0.2, 0) is 13.0 Å². The Hall–Kier alpha value is -3.19. The first-order chi connectivity index (χ1) is 15.1. The van der Waals surface area contributed by atoms with Gasteiger partial charge in [-0.2, -0.15) is 8.78 Å². The maximum Gasteiger partial charge on any atom is 0.387 e. The highest BCUT2D eigenvalue weighted by atomic mass is 32.2. The quantitative estimate of drug-likeness (QED) is 0.243. The van der Waals surface area contributed by atoms with Crippen LogP contribution in [0.2, 0.25) is 0 Å². The van der Waals surface area contributed by atoms with Crippen LogP contribution in [0.1, 0.15) is 15.9 Å². The summed E-state index contributed by atoms with van der Waals surface area (Å²) in [7, 11) is 0. The fourth-order valence-corrected chi connectivity index (χ4v) is 4.24. The van der Waals surface area contributed by atoms with E-state index in [9.17, 15) is 13.6 Å². The molecule has 1 heterocycles. The third-order valence-corrected chi connectivity index (χ3v) is 5.80. The maximum atomic E-state index is 12.6. The molecule has 4 rings (SSSR count). The van der Waals surface area contributed by atoms with Gasteiger partial charge in [0.05, 0.1) is 16.8 Å². The Kier molecular flexibility index (Phi) is 6.62. The van der Waals surface area contributed by atoms with Crippen molar-refractivity contribution in [2.24, 2.45) is 0 Å². The molecule has 0 bridgehead atoms. The molecule has 0 spiro atoms. The number of halogens is 2. The van der Waals surface area contributed by atoms with Gasteiger partial charge in [0.2, 0.25) is 0 Å². The zero-order valence-electron chi connectivity index (χ0n) is 16.6. The molecule has 0 atom stereocenters. The van der Waals surface area contributed by atoms with E-state index in [1.807, 2.05) is 42.5 Å². The number of nitrogens with zero attached hydrogens (tertiary/aromatic N) is 2. The lowest BCUT2D eigenvalue weighted by molar-refractivity contribution is -0.0498. The summed E-state index contributed by atoms with van der Waals surface area (Å²) >= 11 is 1.38. The average Bonchev–Trinajstić information content (AvgIpc) is 3.14. The van der Waals surface area contributed by atoms with Gasteiger partial charge in [-0.1, -0.05) is 54.2 Å². The minimum absolute atomic E-state index is 0.0295. The molecule has 1 aromatic heterocycles. The van der Waals surface area contributed by atoms with E-state index in [1.165, 1.54) is 41.6 Å². The molecule has 0 amide bonds. The third kappa shape index (κ3) is 5.30. The standard InChI is InChI=1S/C24H20F2N2O2S/c25-23(26)30-19-12-10-18(11-13-19)22(29)16-31-24-27-20-8-4-5-9-21(20)28(24)15-14-17-6-2-1-3-7-17/h1-13,23H,14-16H2. The molecule has 7 heteroatoms. The Morgan fingerprint density at radius 2 is 1.68 bits per heavy atom. The summed E-state index contributed by atoms with van der Waals surface area (Å²) in [5, 5.41) is 0.781. The van der Waals surface area contributed by atoms with Gasteiger partial charge >= 0.3 is 6.61 Å². The van der Waals surface area contributed by atoms with Gasteiger partial charge in [-0.15, -0.1) is 0 Å². The lowest BCUT2D eigenvalue weighted by atomic mass is 10.1. The van der Waals surface area contributed by atoms with E-state index in [0.717, 1.165) is 29.2 Å². The first-order valence-electron chi connectivity index (χ1n) is 9.80. The zero-order valence-corrected chi connectivity index (χ0v) is 17.4. The van der Waals surface area contributed by atoms with E-state index in [-0.39, 0.29) is 17.3 Å². The van der Waals surface area contributed by atoms with Gasteiger partial charge < -0.3 is 9.30 Å². The summed E-state index contributed by atoms with van der Waals surface area (Å²) in [6, 6.07) is 23.9. The fraction of sp³-hybridized carbons (Fsp3) is 0.167. The summed E-state index contributed by atoms with van der Waals surface area (Å²) < 4.78 is 31.0. The smallest absolute Gasteiger partial charge is 0.387 e. The van der Waals surface area contributed by atoms with Gasteiger partial charge in [-0.05, 0) is 48.4 Å². The second-order valence-electron chi connectivity index (χ2n) is 6.89. The number of hydrogen-bond acceptors (Lipinski definition) is 4. The number of benzene rings is 3. The number of imidazole rings is 1. The van der Waals surface area contributed by atoms with E-state index < -0.39 is 6.61 Å². The highest BCUT2D eigenvalue weighted by Crippen LogP contribution is 2.26. The van der Waals surface area contributed by atoms with E-state index in [2.05, 4.69) is 21.4 Å². The van der Waals surface area contributed by atoms with E-state index in [1.54, 1.807) is 0 Å². The minimum atomic E-state index is -2.89. The van der Waals surface area contributed by atoms with Crippen molar-refractivity contribution in [3.63, 3.8) is 0 Å². The van der Waals surface area contributed by atoms with Crippen molar-refractivity contribution in [2.45, 2.75) is 24.7 Å². The first kappa shape index (κ1) is 21.1. The lowest BCUT2D eigenvalue weighted by Gasteiger charge is -2.09. The van der Waals surface area contributed by atoms with Crippen molar-refractivity contribution >= 4 is 28.6 Å². The summed E-state index contributed by atoms with van der Waals surface area (Å²) in [4.78, 5) is 17.3. The third-order valence-electron chi connectivity index (χ3n) is 4.82. The van der Waals surface area contributed by atoms with Gasteiger partial charge in [0, 0.05) is 12.1 Å². The van der Waals surface area contributed by atoms with Crippen LogP contribution in [0.15, 0.2) is 84.0 Å². The predicted molar refractivity (Wildman–Crippen MR) is 118 cm³/mol. The van der Waals surface area contributed by atoms with Crippen LogP contribution in [0, 0.1) is 0 Å². The normalized spacial score (nSPS) is 11.2. The first-order valence-corrected chi connectivity index (χ1v) is 10.8. The van der Waals surface area contributed by atoms with Crippen molar-refractivity contribution in [3.05, 3.63) is 90.0 Å². The number of ketones is 1. The summed E-state index contributed by atoms with van der Waals surface area (Å²) in [6.45, 7) is -2.14. The molecule has 0 fully saturated rings. The lowest BCUT2D eigenvalue weighted by Crippen LogP contribution is -2.07. The molecule has 3 aromatic carbocycles. The number of thioether (sulfide) groups is 1. The van der Waals surface area contributed by atoms with Gasteiger partial charge in [0.1, 0.15) is 5.75 Å². The summed E-state index contributed by atoms with van der Waals surface area (Å²) in [5.41, 5.74) is 3.60. The fourth-order valence-electron chi connectivity index (χ4n) is 3.30. The highest BCUT2D eigenvalue weighted by Gasteiger charge is 2.14. The van der Waals surface area contributed by atoms with Crippen LogP contribution in [0.5, 0.6) is 5.75 Å². The average molecular weight is 438 g/mol. The number of aromatic nitrogens is 2. The molecule has 0 aliphatic carbocycles. The Bertz CT molecular complexity index is 1160. The molecule has 0 saturated carbocycles. The molecule has 0 aliphatic rings. The van der Waals surface area contributed by atoms with Crippen LogP contribution in [-0.4, -0.2) is 27.7 Å². The van der Waals surface area contributed by atoms with E-state index in [4.69, 9.17) is 4.98 Å². The van der Waals surface area contributed by atoms with E-state index >= 15 is 0 Å². The van der Waals surface area contributed by atoms with Gasteiger partial charge in [0.15, 0.2) is 10.9 Å². The second-order valence-corrected chi connectivity index (χ2v) is 7.83. The van der Waals surface area contributed by atoms with Crippen LogP contribution in [0.3, 0.4) is 0 Å². The SMILES string of the molecule is O=C(CSc1nc2ccccc2n1CCc1ccccc1)c1ccc(OC(F)F)cc1. The van der Waals surface area contributed by atoms with E-state index in [0.29, 0.717) is 5.56 Å². The number of rotatable bonds is 9. The zero-order chi connectivity index (χ0) is 21.6. The number of Topliss-reactive ketones (excluding diaryl/α,β-unsaturated/α-hetero) is 1. The summed E-state index contributed by atoms with van der Waals surface area (Å²) in [6.07, 6.45) is 0.855. The number of ether oxygens (including phenoxy) is 1. The largest absolute Gasteiger partial charge is 0.435 e. The summed E-state index contributed by atoms with van der Waals surface area (Å²) in [5.74, 6) is 0.126. The Morgan fingerprint density at radius 3 is 2.42 bits per heavy atom. The van der Waals surface area contributed by atoms with Gasteiger partial charge in [-0.25, -0.2) is 4.98 Å². The number of aryl methyl sites for hydroxylation is 2. The number of carbonyl (C=O) groups excluding carboxylic acids is 1. The maximum absolute atomic E-state index is 12.6. The highest BCUT2D eigenvalue weighted by molar-refractivity contribution is 7.99. The Labute approximate surface area is 182 Å². The molecule has 0 unspecified atom stereocenters. The number of para-hydroxylation sites is 2. The molecule has 4 nitrogen and oxygen atoms in total. The van der Waals surface area contributed by atoms with Crippen molar-refractivity contribution in [1.29, 1.82) is 0 Å². The molecule has 0 radical (unpaired) electrons. The molecule has 158 valence electrons. The Morgan fingerprint density at radius 1 is 0.968 bits per heavy atom. The van der Waals surface area contributed by atoms with Crippen molar-refractivity contribution in [2.75, 3.05) is 5.75 Å². The minimum Gasteiger partial charge on any atom is -0.435 e. The van der Waals surface area contributed by atoms with Crippen molar-refractivity contribution in [1.82, 2.24) is 9.55 Å². The van der Waals surface area contributed by atoms with Crippen LogP contribution >= 0.6 is 11.8 Å². The molecule has 0 aliphatic heterocycles. The molecule has 31 heavy (non-hydrogen) atoms. The van der Waals surface area contributed by atoms with Gasteiger partial charge in [0.25, 0.3) is 0 Å². The number of alkyl halides is 2. The molecular weight excluding hydrogens is 418 g/mol. The van der Waals surface area contributed by atoms with Crippen LogP contribution < -0.4 is 4.74 Å². The predicted octanol–water partition coefficient (Wildman–Crippen LogP) is 5.86. The van der Waals surface area contributed by atoms with Crippen molar-refractivity contribution < 1.29 is 18.3 Å². The second kappa shape index (κ2) is 9.75.